The Morgan fingerprint density at radius 1 is 0.960 bits per heavy atom. The highest BCUT2D eigenvalue weighted by molar-refractivity contribution is 9.10. The van der Waals surface area contributed by atoms with Gasteiger partial charge < -0.3 is 9.80 Å². The second-order valence-corrected chi connectivity index (χ2v) is 6.75. The van der Waals surface area contributed by atoms with Gasteiger partial charge in [0.15, 0.2) is 0 Å². The highest BCUT2D eigenvalue weighted by Crippen LogP contribution is 2.32. The monoisotopic (exact) mass is 412 g/mol. The third kappa shape index (κ3) is 4.15. The Labute approximate surface area is 152 Å². The second kappa shape index (κ2) is 7.07. The maximum Gasteiger partial charge on any atom is 0.416 e. The van der Waals surface area contributed by atoms with E-state index in [9.17, 15) is 18.0 Å². The topological polar surface area (TPSA) is 23.6 Å². The molecule has 0 N–H and O–H groups in total. The molecular weight excluding hydrogens is 397 g/mol. The zero-order valence-electron chi connectivity index (χ0n) is 13.3. The SMILES string of the molecule is O=C(c1cccc(Br)c1)N1CCN(c2cccc(C(F)(F)F)c2)CC1. The Morgan fingerprint density at radius 2 is 1.64 bits per heavy atom. The van der Waals surface area contributed by atoms with Crippen LogP contribution in [0.1, 0.15) is 15.9 Å². The molecule has 132 valence electrons. The van der Waals surface area contributed by atoms with Crippen molar-refractivity contribution in [1.82, 2.24) is 4.90 Å². The number of anilines is 1. The van der Waals surface area contributed by atoms with Crippen molar-refractivity contribution in [1.29, 1.82) is 0 Å². The molecule has 0 saturated carbocycles. The molecule has 3 rings (SSSR count). The van der Waals surface area contributed by atoms with E-state index in [1.165, 1.54) is 6.07 Å². The fraction of sp³-hybridized carbons (Fsp3) is 0.278. The van der Waals surface area contributed by atoms with E-state index in [0.717, 1.165) is 16.6 Å². The summed E-state index contributed by atoms with van der Waals surface area (Å²) in [6, 6.07) is 12.5. The first-order valence-electron chi connectivity index (χ1n) is 7.81. The van der Waals surface area contributed by atoms with Gasteiger partial charge in [-0.25, -0.2) is 0 Å². The number of halogens is 4. The minimum atomic E-state index is -4.35. The fourth-order valence-corrected chi connectivity index (χ4v) is 3.25. The second-order valence-electron chi connectivity index (χ2n) is 5.84. The summed E-state index contributed by atoms with van der Waals surface area (Å²) in [6.45, 7) is 1.95. The van der Waals surface area contributed by atoms with Crippen LogP contribution < -0.4 is 4.90 Å². The molecule has 1 amide bonds. The maximum absolute atomic E-state index is 12.8. The standard InChI is InChI=1S/C18H16BrF3N2O/c19-15-5-1-3-13(11-15)17(25)24-9-7-23(8-10-24)16-6-2-4-14(12-16)18(20,21)22/h1-6,11-12H,7-10H2. The van der Waals surface area contributed by atoms with E-state index in [0.29, 0.717) is 37.4 Å². The van der Waals surface area contributed by atoms with Crippen molar-refractivity contribution in [2.75, 3.05) is 31.1 Å². The van der Waals surface area contributed by atoms with Crippen LogP contribution in [0.25, 0.3) is 0 Å². The van der Waals surface area contributed by atoms with Crippen molar-refractivity contribution < 1.29 is 18.0 Å². The zero-order chi connectivity index (χ0) is 18.0. The van der Waals surface area contributed by atoms with Crippen molar-refractivity contribution in [3.8, 4) is 0 Å². The lowest BCUT2D eigenvalue weighted by molar-refractivity contribution is -0.137. The molecule has 7 heteroatoms. The first-order chi connectivity index (χ1) is 11.8. The molecule has 1 heterocycles. The van der Waals surface area contributed by atoms with Gasteiger partial charge in [-0.1, -0.05) is 28.1 Å². The summed E-state index contributed by atoms with van der Waals surface area (Å²) < 4.78 is 39.4. The smallest absolute Gasteiger partial charge is 0.368 e. The summed E-state index contributed by atoms with van der Waals surface area (Å²) in [5.41, 5.74) is 0.476. The first-order valence-corrected chi connectivity index (χ1v) is 8.61. The average Bonchev–Trinajstić information content (AvgIpc) is 2.61. The van der Waals surface area contributed by atoms with Gasteiger partial charge in [0.05, 0.1) is 5.56 Å². The van der Waals surface area contributed by atoms with Crippen LogP contribution in [0.3, 0.4) is 0 Å². The van der Waals surface area contributed by atoms with Crippen molar-refractivity contribution >= 4 is 27.5 Å². The van der Waals surface area contributed by atoms with Crippen LogP contribution in [0.2, 0.25) is 0 Å². The van der Waals surface area contributed by atoms with Crippen molar-refractivity contribution in [3.63, 3.8) is 0 Å². The van der Waals surface area contributed by atoms with Gasteiger partial charge in [-0.05, 0) is 36.4 Å². The molecule has 2 aromatic rings. The minimum Gasteiger partial charge on any atom is -0.368 e. The van der Waals surface area contributed by atoms with Gasteiger partial charge in [0.25, 0.3) is 5.91 Å². The molecule has 0 aromatic heterocycles. The van der Waals surface area contributed by atoms with Crippen molar-refractivity contribution in [2.24, 2.45) is 0 Å². The zero-order valence-corrected chi connectivity index (χ0v) is 14.8. The molecule has 0 radical (unpaired) electrons. The van der Waals surface area contributed by atoms with Gasteiger partial charge in [0.2, 0.25) is 0 Å². The molecule has 25 heavy (non-hydrogen) atoms. The van der Waals surface area contributed by atoms with Gasteiger partial charge >= 0.3 is 6.18 Å². The number of hydrogen-bond donors (Lipinski definition) is 0. The molecule has 0 spiro atoms. The predicted molar refractivity (Wildman–Crippen MR) is 93.7 cm³/mol. The number of carbonyl (C=O) groups excluding carboxylic acids is 1. The summed E-state index contributed by atoms with van der Waals surface area (Å²) in [6.07, 6.45) is -4.35. The molecular formula is C18H16BrF3N2O. The number of nitrogens with zero attached hydrogens (tertiary/aromatic N) is 2. The van der Waals surface area contributed by atoms with Gasteiger partial charge in [-0.2, -0.15) is 13.2 Å². The molecule has 0 unspecified atom stereocenters. The van der Waals surface area contributed by atoms with Crippen LogP contribution in [0.5, 0.6) is 0 Å². The lowest BCUT2D eigenvalue weighted by Gasteiger charge is -2.36. The molecule has 0 aliphatic carbocycles. The summed E-state index contributed by atoms with van der Waals surface area (Å²) in [7, 11) is 0. The number of benzene rings is 2. The van der Waals surface area contributed by atoms with E-state index in [2.05, 4.69) is 15.9 Å². The lowest BCUT2D eigenvalue weighted by Crippen LogP contribution is -2.48. The van der Waals surface area contributed by atoms with Crippen molar-refractivity contribution in [3.05, 3.63) is 64.1 Å². The van der Waals surface area contributed by atoms with E-state index < -0.39 is 11.7 Å². The summed E-state index contributed by atoms with van der Waals surface area (Å²) >= 11 is 3.35. The van der Waals surface area contributed by atoms with Crippen LogP contribution in [0.4, 0.5) is 18.9 Å². The van der Waals surface area contributed by atoms with Crippen LogP contribution >= 0.6 is 15.9 Å². The van der Waals surface area contributed by atoms with Gasteiger partial charge in [-0.15, -0.1) is 0 Å². The number of alkyl halides is 3. The fourth-order valence-electron chi connectivity index (χ4n) is 2.85. The number of piperazine rings is 1. The first kappa shape index (κ1) is 17.8. The molecule has 0 atom stereocenters. The molecule has 3 nitrogen and oxygen atoms in total. The Kier molecular flexibility index (Phi) is 5.03. The molecule has 0 bridgehead atoms. The quantitative estimate of drug-likeness (QED) is 0.728. The van der Waals surface area contributed by atoms with Crippen LogP contribution in [0, 0.1) is 0 Å². The highest BCUT2D eigenvalue weighted by atomic mass is 79.9. The summed E-state index contributed by atoms with van der Waals surface area (Å²) in [4.78, 5) is 16.1. The van der Waals surface area contributed by atoms with Crippen molar-refractivity contribution in [2.45, 2.75) is 6.18 Å². The number of carbonyl (C=O) groups is 1. The Balaban J connectivity index is 1.67. The lowest BCUT2D eigenvalue weighted by atomic mass is 10.1. The third-order valence-electron chi connectivity index (χ3n) is 4.18. The predicted octanol–water partition coefficient (Wildman–Crippen LogP) is 4.43. The van der Waals surface area contributed by atoms with E-state index in [1.807, 2.05) is 11.0 Å². The molecule has 1 aliphatic rings. The normalized spacial score (nSPS) is 15.4. The maximum atomic E-state index is 12.8. The highest BCUT2D eigenvalue weighted by Gasteiger charge is 2.31. The average molecular weight is 413 g/mol. The van der Waals surface area contributed by atoms with Crippen LogP contribution in [-0.2, 0) is 6.18 Å². The molecule has 1 fully saturated rings. The number of amides is 1. The van der Waals surface area contributed by atoms with E-state index in [-0.39, 0.29) is 5.91 Å². The van der Waals surface area contributed by atoms with E-state index in [1.54, 1.807) is 29.2 Å². The Bertz CT molecular complexity index is 771. The minimum absolute atomic E-state index is 0.0648. The molecule has 1 aliphatic heterocycles. The summed E-state index contributed by atoms with van der Waals surface area (Å²) in [5, 5.41) is 0. The van der Waals surface area contributed by atoms with E-state index in [4.69, 9.17) is 0 Å². The van der Waals surface area contributed by atoms with Gasteiger partial charge in [0.1, 0.15) is 0 Å². The van der Waals surface area contributed by atoms with Gasteiger partial charge in [0, 0.05) is 41.9 Å². The van der Waals surface area contributed by atoms with Crippen LogP contribution in [0.15, 0.2) is 53.0 Å². The van der Waals surface area contributed by atoms with Crippen LogP contribution in [-0.4, -0.2) is 37.0 Å². The molecule has 2 aromatic carbocycles. The largest absolute Gasteiger partial charge is 0.416 e. The number of hydrogen-bond acceptors (Lipinski definition) is 2. The molecule has 1 saturated heterocycles. The Hall–Kier alpha value is -2.02. The van der Waals surface area contributed by atoms with Gasteiger partial charge in [-0.3, -0.25) is 4.79 Å². The number of rotatable bonds is 2. The third-order valence-corrected chi connectivity index (χ3v) is 4.67. The van der Waals surface area contributed by atoms with E-state index >= 15 is 0 Å². The Morgan fingerprint density at radius 3 is 2.28 bits per heavy atom. The summed E-state index contributed by atoms with van der Waals surface area (Å²) in [5.74, 6) is -0.0648.